The predicted molar refractivity (Wildman–Crippen MR) is 87.5 cm³/mol. The minimum atomic E-state index is -0.373. The molecule has 0 atom stereocenters. The SMILES string of the molecule is CCCCC/C(Br)=C(/Br)[Se]c1ccc([N+](=O)[O-])cc1. The Bertz CT molecular complexity index is 460. The molecule has 1 aromatic carbocycles. The molecule has 0 unspecified atom stereocenters. The number of halogens is 2. The summed E-state index contributed by atoms with van der Waals surface area (Å²) >= 11 is 7.37. The van der Waals surface area contributed by atoms with E-state index >= 15 is 0 Å². The normalized spacial score (nSPS) is 12.2. The fourth-order valence-electron chi connectivity index (χ4n) is 1.42. The number of hydrogen-bond acceptors (Lipinski definition) is 2. The van der Waals surface area contributed by atoms with Crippen LogP contribution in [0.15, 0.2) is 32.1 Å². The Balaban J connectivity index is 2.62. The zero-order valence-electron chi connectivity index (χ0n) is 10.6. The Morgan fingerprint density at radius 3 is 2.42 bits per heavy atom. The van der Waals surface area contributed by atoms with Crippen molar-refractivity contribution in [1.82, 2.24) is 0 Å². The van der Waals surface area contributed by atoms with Crippen molar-refractivity contribution in [2.24, 2.45) is 0 Å². The Kier molecular flexibility index (Phi) is 7.91. The summed E-state index contributed by atoms with van der Waals surface area (Å²) < 4.78 is 3.50. The first-order valence-electron chi connectivity index (χ1n) is 6.01. The first-order chi connectivity index (χ1) is 9.04. The Hall–Kier alpha value is -0.161. The van der Waals surface area contributed by atoms with Crippen molar-refractivity contribution in [3.63, 3.8) is 0 Å². The van der Waals surface area contributed by atoms with E-state index in [1.165, 1.54) is 27.1 Å². The van der Waals surface area contributed by atoms with Crippen molar-refractivity contribution in [1.29, 1.82) is 0 Å². The van der Waals surface area contributed by atoms with Crippen molar-refractivity contribution < 1.29 is 4.92 Å². The molecule has 0 aliphatic carbocycles. The van der Waals surface area contributed by atoms with Gasteiger partial charge >= 0.3 is 137 Å². The number of nitro groups is 1. The molecule has 0 N–H and O–H groups in total. The van der Waals surface area contributed by atoms with E-state index in [9.17, 15) is 10.1 Å². The Labute approximate surface area is 136 Å². The summed E-state index contributed by atoms with van der Waals surface area (Å²) in [7, 11) is 0. The van der Waals surface area contributed by atoms with Gasteiger partial charge in [0.15, 0.2) is 0 Å². The molecule has 1 rings (SSSR count). The molecule has 0 aliphatic rings. The van der Waals surface area contributed by atoms with Gasteiger partial charge in [0.2, 0.25) is 0 Å². The van der Waals surface area contributed by atoms with Crippen LogP contribution in [0.1, 0.15) is 32.6 Å². The van der Waals surface area contributed by atoms with Crippen molar-refractivity contribution in [2.45, 2.75) is 32.6 Å². The van der Waals surface area contributed by atoms with Gasteiger partial charge in [0, 0.05) is 0 Å². The molecule has 0 aliphatic heterocycles. The van der Waals surface area contributed by atoms with E-state index in [1.54, 1.807) is 12.1 Å². The first-order valence-corrected chi connectivity index (χ1v) is 9.31. The molecular formula is C13H15Br2NO2Se. The van der Waals surface area contributed by atoms with Gasteiger partial charge in [-0.15, -0.1) is 0 Å². The third kappa shape index (κ3) is 6.21. The number of benzene rings is 1. The standard InChI is InChI=1S/C13H15Br2NO2Se/c1-2-3-4-5-12(14)13(15)19-11-8-6-10(7-9-11)16(17)18/h6-9H,2-5H2,1H3/b13-12+. The van der Waals surface area contributed by atoms with Crippen LogP contribution >= 0.6 is 31.9 Å². The van der Waals surface area contributed by atoms with Gasteiger partial charge in [-0.25, -0.2) is 0 Å². The maximum absolute atomic E-state index is 10.6. The summed E-state index contributed by atoms with van der Waals surface area (Å²) in [4.78, 5) is 10.2. The summed E-state index contributed by atoms with van der Waals surface area (Å²) in [5, 5.41) is 10.6. The van der Waals surface area contributed by atoms with Gasteiger partial charge in [0.1, 0.15) is 0 Å². The second-order valence-corrected chi connectivity index (χ2v) is 9.19. The molecular weight excluding hydrogens is 441 g/mol. The fraction of sp³-hybridized carbons (Fsp3) is 0.385. The van der Waals surface area contributed by atoms with Crippen LogP contribution in [0.3, 0.4) is 0 Å². The average Bonchev–Trinajstić information content (AvgIpc) is 2.39. The van der Waals surface area contributed by atoms with E-state index in [-0.39, 0.29) is 25.6 Å². The van der Waals surface area contributed by atoms with Gasteiger partial charge in [-0.3, -0.25) is 0 Å². The van der Waals surface area contributed by atoms with E-state index in [4.69, 9.17) is 0 Å². The molecule has 0 amide bonds. The third-order valence-electron chi connectivity index (χ3n) is 2.47. The van der Waals surface area contributed by atoms with Gasteiger partial charge in [-0.1, -0.05) is 0 Å². The van der Waals surface area contributed by atoms with Crippen LogP contribution in [-0.2, 0) is 0 Å². The summed E-state index contributed by atoms with van der Waals surface area (Å²) in [6.07, 6.45) is 4.68. The quantitative estimate of drug-likeness (QED) is 0.263. The minimum absolute atomic E-state index is 0.140. The number of rotatable bonds is 7. The van der Waals surface area contributed by atoms with E-state index < -0.39 is 0 Å². The number of nitro benzene ring substituents is 1. The van der Waals surface area contributed by atoms with Crippen LogP contribution in [-0.4, -0.2) is 19.9 Å². The zero-order valence-corrected chi connectivity index (χ0v) is 15.5. The van der Waals surface area contributed by atoms with Gasteiger partial charge in [0.25, 0.3) is 0 Å². The monoisotopic (exact) mass is 455 g/mol. The van der Waals surface area contributed by atoms with Crippen molar-refractivity contribution in [3.8, 4) is 0 Å². The summed E-state index contributed by atoms with van der Waals surface area (Å²) in [5.41, 5.74) is 0.140. The van der Waals surface area contributed by atoms with E-state index in [0.29, 0.717) is 0 Å². The van der Waals surface area contributed by atoms with Crippen molar-refractivity contribution in [3.05, 3.63) is 42.2 Å². The van der Waals surface area contributed by atoms with E-state index in [2.05, 4.69) is 38.8 Å². The van der Waals surface area contributed by atoms with Gasteiger partial charge < -0.3 is 0 Å². The molecule has 0 radical (unpaired) electrons. The molecule has 0 saturated carbocycles. The van der Waals surface area contributed by atoms with Gasteiger partial charge in [0.05, 0.1) is 0 Å². The molecule has 104 valence electrons. The first kappa shape index (κ1) is 16.9. The number of unbranched alkanes of at least 4 members (excludes halogenated alkanes) is 2. The Morgan fingerprint density at radius 2 is 1.89 bits per heavy atom. The summed E-state index contributed by atoms with van der Waals surface area (Å²) in [6, 6.07) is 6.77. The van der Waals surface area contributed by atoms with Crippen molar-refractivity contribution >= 4 is 57.0 Å². The predicted octanol–water partition coefficient (Wildman–Crippen LogP) is 4.46. The molecule has 0 aromatic heterocycles. The number of hydrogen-bond donors (Lipinski definition) is 0. The average molecular weight is 456 g/mol. The molecule has 0 bridgehead atoms. The molecule has 1 aromatic rings. The van der Waals surface area contributed by atoms with E-state index in [0.717, 1.165) is 10.9 Å². The number of allylic oxidation sites excluding steroid dienone is 1. The molecule has 3 nitrogen and oxygen atoms in total. The van der Waals surface area contributed by atoms with Crippen LogP contribution < -0.4 is 4.46 Å². The van der Waals surface area contributed by atoms with Crippen molar-refractivity contribution in [2.75, 3.05) is 0 Å². The second-order valence-electron chi connectivity index (χ2n) is 3.99. The summed E-state index contributed by atoms with van der Waals surface area (Å²) in [6.45, 7) is 2.19. The van der Waals surface area contributed by atoms with Crippen LogP contribution in [0, 0.1) is 10.1 Å². The van der Waals surface area contributed by atoms with Gasteiger partial charge in [-0.05, 0) is 0 Å². The fourth-order valence-corrected chi connectivity index (χ4v) is 4.75. The molecule has 0 spiro atoms. The van der Waals surface area contributed by atoms with Crippen LogP contribution in [0.25, 0.3) is 0 Å². The van der Waals surface area contributed by atoms with E-state index in [1.807, 2.05) is 12.1 Å². The van der Waals surface area contributed by atoms with Gasteiger partial charge in [-0.2, -0.15) is 0 Å². The zero-order chi connectivity index (χ0) is 14.3. The third-order valence-corrected chi connectivity index (χ3v) is 7.66. The molecule has 6 heteroatoms. The topological polar surface area (TPSA) is 43.1 Å². The second kappa shape index (κ2) is 8.90. The van der Waals surface area contributed by atoms with Crippen LogP contribution in [0.5, 0.6) is 0 Å². The molecule has 19 heavy (non-hydrogen) atoms. The number of non-ortho nitro benzene ring substituents is 1. The molecule has 0 fully saturated rings. The summed E-state index contributed by atoms with van der Waals surface area (Å²) in [5.74, 6) is 0. The molecule has 0 heterocycles. The number of nitrogens with zero attached hydrogens (tertiary/aromatic N) is 1. The molecule has 0 saturated heterocycles. The maximum atomic E-state index is 10.6. The van der Waals surface area contributed by atoms with Crippen LogP contribution in [0.2, 0.25) is 0 Å². The van der Waals surface area contributed by atoms with Crippen LogP contribution in [0.4, 0.5) is 5.69 Å². The Morgan fingerprint density at radius 1 is 1.26 bits per heavy atom.